The fourth-order valence-corrected chi connectivity index (χ4v) is 3.51. The first-order chi connectivity index (χ1) is 9.86. The zero-order valence-electron chi connectivity index (χ0n) is 13.2. The van der Waals surface area contributed by atoms with E-state index in [1.54, 1.807) is 0 Å². The molecule has 1 amide bonds. The van der Waals surface area contributed by atoms with Gasteiger partial charge >= 0.3 is 0 Å². The van der Waals surface area contributed by atoms with Gasteiger partial charge in [-0.05, 0) is 63.1 Å². The summed E-state index contributed by atoms with van der Waals surface area (Å²) in [5, 5.41) is 6.36. The summed E-state index contributed by atoms with van der Waals surface area (Å²) in [6.07, 6.45) is 0. The molecule has 0 saturated carbocycles. The minimum Gasteiger partial charge on any atom is -0.378 e. The first-order valence-electron chi connectivity index (χ1n) is 7.08. The van der Waals surface area contributed by atoms with Crippen LogP contribution < -0.4 is 10.6 Å². The van der Waals surface area contributed by atoms with E-state index in [9.17, 15) is 4.79 Å². The van der Waals surface area contributed by atoms with Crippen LogP contribution in [-0.4, -0.2) is 5.91 Å². The van der Waals surface area contributed by atoms with Gasteiger partial charge in [-0.3, -0.25) is 4.79 Å². The Morgan fingerprint density at radius 2 is 1.90 bits per heavy atom. The third-order valence-corrected chi connectivity index (χ3v) is 4.45. The lowest BCUT2D eigenvalue weighted by atomic mass is 10.1. The van der Waals surface area contributed by atoms with E-state index in [-0.39, 0.29) is 11.9 Å². The maximum absolute atomic E-state index is 11.1. The molecule has 2 aromatic rings. The Morgan fingerprint density at radius 1 is 1.19 bits per heavy atom. The maximum Gasteiger partial charge on any atom is 0.221 e. The largest absolute Gasteiger partial charge is 0.378 e. The van der Waals surface area contributed by atoms with Crippen LogP contribution in [0.2, 0.25) is 0 Å². The maximum atomic E-state index is 11.1. The molecule has 0 aliphatic rings. The second-order valence-electron chi connectivity index (χ2n) is 5.45. The number of anilines is 2. The van der Waals surface area contributed by atoms with Crippen molar-refractivity contribution in [3.8, 4) is 0 Å². The van der Waals surface area contributed by atoms with Crippen LogP contribution in [0.5, 0.6) is 0 Å². The predicted octanol–water partition coefficient (Wildman–Crippen LogP) is 4.80. The number of hydrogen-bond acceptors (Lipinski definition) is 3. The van der Waals surface area contributed by atoms with E-state index < -0.39 is 0 Å². The highest BCUT2D eigenvalue weighted by atomic mass is 32.1. The first-order valence-corrected chi connectivity index (χ1v) is 7.90. The van der Waals surface area contributed by atoms with Gasteiger partial charge < -0.3 is 10.6 Å². The molecule has 0 aliphatic heterocycles. The van der Waals surface area contributed by atoms with Gasteiger partial charge in [0.25, 0.3) is 0 Å². The minimum atomic E-state index is -0.0449. The highest BCUT2D eigenvalue weighted by Gasteiger charge is 2.11. The summed E-state index contributed by atoms with van der Waals surface area (Å²) < 4.78 is 0. The van der Waals surface area contributed by atoms with Crippen molar-refractivity contribution in [3.05, 3.63) is 45.1 Å². The summed E-state index contributed by atoms with van der Waals surface area (Å²) in [5.74, 6) is -0.0449. The number of amides is 1. The van der Waals surface area contributed by atoms with Crippen molar-refractivity contribution in [2.45, 2.75) is 40.7 Å². The lowest BCUT2D eigenvalue weighted by molar-refractivity contribution is -0.114. The highest BCUT2D eigenvalue weighted by molar-refractivity contribution is 7.12. The molecular weight excluding hydrogens is 280 g/mol. The Hall–Kier alpha value is -1.81. The molecule has 2 N–H and O–H groups in total. The summed E-state index contributed by atoms with van der Waals surface area (Å²) >= 11 is 1.83. The molecule has 21 heavy (non-hydrogen) atoms. The number of hydrogen-bond donors (Lipinski definition) is 2. The average Bonchev–Trinajstić information content (AvgIpc) is 2.71. The molecule has 0 spiro atoms. The van der Waals surface area contributed by atoms with Crippen LogP contribution in [0, 0.1) is 20.8 Å². The van der Waals surface area contributed by atoms with Gasteiger partial charge in [0.2, 0.25) is 5.91 Å². The topological polar surface area (TPSA) is 41.1 Å². The van der Waals surface area contributed by atoms with Crippen LogP contribution in [0.25, 0.3) is 0 Å². The first kappa shape index (κ1) is 15.6. The molecular formula is C17H22N2OS. The molecule has 1 aromatic carbocycles. The molecule has 0 fully saturated rings. The monoisotopic (exact) mass is 302 g/mol. The molecule has 3 nitrogen and oxygen atoms in total. The Bertz CT molecular complexity index is 661. The molecule has 0 saturated heterocycles. The Labute approximate surface area is 130 Å². The molecule has 1 unspecified atom stereocenters. The van der Waals surface area contributed by atoms with Crippen LogP contribution in [0.15, 0.2) is 24.3 Å². The van der Waals surface area contributed by atoms with E-state index in [1.165, 1.54) is 22.2 Å². The normalized spacial score (nSPS) is 12.0. The Kier molecular flexibility index (Phi) is 4.68. The summed E-state index contributed by atoms with van der Waals surface area (Å²) in [6, 6.07) is 8.52. The second kappa shape index (κ2) is 6.31. The fourth-order valence-electron chi connectivity index (χ4n) is 2.49. The Morgan fingerprint density at radius 3 is 2.43 bits per heavy atom. The molecule has 0 radical (unpaired) electrons. The van der Waals surface area contributed by atoms with Crippen LogP contribution in [0.4, 0.5) is 11.4 Å². The number of rotatable bonds is 4. The van der Waals surface area contributed by atoms with Gasteiger partial charge in [0, 0.05) is 34.1 Å². The van der Waals surface area contributed by atoms with E-state index in [4.69, 9.17) is 0 Å². The third kappa shape index (κ3) is 3.85. The summed E-state index contributed by atoms with van der Waals surface area (Å²) in [6.45, 7) is 10.00. The molecule has 1 heterocycles. The van der Waals surface area contributed by atoms with Crippen LogP contribution >= 0.6 is 11.3 Å². The quantitative estimate of drug-likeness (QED) is 0.851. The van der Waals surface area contributed by atoms with Crippen LogP contribution in [0.3, 0.4) is 0 Å². The number of aryl methyl sites for hydroxylation is 3. The van der Waals surface area contributed by atoms with Crippen molar-refractivity contribution in [3.63, 3.8) is 0 Å². The zero-order chi connectivity index (χ0) is 15.6. The van der Waals surface area contributed by atoms with E-state index in [0.29, 0.717) is 0 Å². The van der Waals surface area contributed by atoms with Gasteiger partial charge in [0.05, 0.1) is 0 Å². The smallest absolute Gasteiger partial charge is 0.221 e. The number of carbonyl (C=O) groups excluding carboxylic acids is 1. The van der Waals surface area contributed by atoms with Crippen molar-refractivity contribution < 1.29 is 4.79 Å². The lowest BCUT2D eigenvalue weighted by Crippen LogP contribution is -2.09. The van der Waals surface area contributed by atoms with Gasteiger partial charge in [-0.15, -0.1) is 11.3 Å². The van der Waals surface area contributed by atoms with E-state index >= 15 is 0 Å². The van der Waals surface area contributed by atoms with E-state index in [1.807, 2.05) is 30.4 Å². The van der Waals surface area contributed by atoms with Crippen molar-refractivity contribution in [1.29, 1.82) is 0 Å². The third-order valence-electron chi connectivity index (χ3n) is 3.47. The van der Waals surface area contributed by atoms with Crippen molar-refractivity contribution >= 4 is 28.6 Å². The number of thiophene rings is 1. The van der Waals surface area contributed by atoms with E-state index in [2.05, 4.69) is 43.5 Å². The number of nitrogens with one attached hydrogen (secondary N) is 2. The van der Waals surface area contributed by atoms with Gasteiger partial charge in [-0.1, -0.05) is 0 Å². The average molecular weight is 302 g/mol. The summed E-state index contributed by atoms with van der Waals surface area (Å²) in [7, 11) is 0. The lowest BCUT2D eigenvalue weighted by Gasteiger charge is -2.17. The highest BCUT2D eigenvalue weighted by Crippen LogP contribution is 2.29. The fraction of sp³-hybridized carbons (Fsp3) is 0.353. The SMILES string of the molecule is CC(=O)Nc1ccc(NC(C)c2cc(C)sc2C)cc1C. The summed E-state index contributed by atoms with van der Waals surface area (Å²) in [5.41, 5.74) is 4.34. The molecule has 0 aliphatic carbocycles. The standard InChI is InChI=1S/C17H22N2OS/c1-10-8-15(6-7-17(10)19-14(5)20)18-12(3)16-9-11(2)21-13(16)4/h6-9,12,18H,1-5H3,(H,19,20). The molecule has 1 aromatic heterocycles. The van der Waals surface area contributed by atoms with Gasteiger partial charge in [-0.25, -0.2) is 0 Å². The van der Waals surface area contributed by atoms with Crippen LogP contribution in [0.1, 0.15) is 40.8 Å². The number of benzene rings is 1. The van der Waals surface area contributed by atoms with Gasteiger partial charge in [0.15, 0.2) is 0 Å². The second-order valence-corrected chi connectivity index (χ2v) is 6.91. The molecule has 1 atom stereocenters. The molecule has 2 rings (SSSR count). The zero-order valence-corrected chi connectivity index (χ0v) is 14.0. The molecule has 0 bridgehead atoms. The Balaban J connectivity index is 2.14. The van der Waals surface area contributed by atoms with Crippen molar-refractivity contribution in [1.82, 2.24) is 0 Å². The van der Waals surface area contributed by atoms with Crippen molar-refractivity contribution in [2.75, 3.05) is 10.6 Å². The van der Waals surface area contributed by atoms with Gasteiger partial charge in [0.1, 0.15) is 0 Å². The minimum absolute atomic E-state index is 0.0449. The predicted molar refractivity (Wildman–Crippen MR) is 91.3 cm³/mol. The molecule has 4 heteroatoms. The molecule has 112 valence electrons. The van der Waals surface area contributed by atoms with Crippen molar-refractivity contribution in [2.24, 2.45) is 0 Å². The van der Waals surface area contributed by atoms with Gasteiger partial charge in [-0.2, -0.15) is 0 Å². The van der Waals surface area contributed by atoms with E-state index in [0.717, 1.165) is 16.9 Å². The van der Waals surface area contributed by atoms with Crippen LogP contribution in [-0.2, 0) is 4.79 Å². The summed E-state index contributed by atoms with van der Waals surface area (Å²) in [4.78, 5) is 13.8. The number of carbonyl (C=O) groups is 1.